The summed E-state index contributed by atoms with van der Waals surface area (Å²) in [6, 6.07) is 17.5. The molecule has 4 rings (SSSR count). The number of hydrogen-bond acceptors (Lipinski definition) is 5. The summed E-state index contributed by atoms with van der Waals surface area (Å²) < 4.78 is 5.10. The van der Waals surface area contributed by atoms with Crippen LogP contribution >= 0.6 is 11.8 Å². The van der Waals surface area contributed by atoms with Gasteiger partial charge < -0.3 is 15.0 Å². The first-order chi connectivity index (χ1) is 15.0. The standard InChI is InChI=1S/C25H28N2O3S/c1-17-8-6-7-11-22(17)27-24(29)23(31-25(27)26-20-9-4-3-5-10-20)16-19-12-14-21(15-13-19)30-18(2)28/h3-5,9-10,12-17,22,25-26H,6-8,11H2,1-2H3/b23-16-/t17-,22-,25?/m1/s1. The van der Waals surface area contributed by atoms with Crippen molar-refractivity contribution in [2.75, 3.05) is 5.32 Å². The lowest BCUT2D eigenvalue weighted by molar-refractivity contribution is -0.132. The van der Waals surface area contributed by atoms with Crippen molar-refractivity contribution < 1.29 is 14.3 Å². The molecule has 1 aliphatic carbocycles. The Morgan fingerprint density at radius 3 is 2.48 bits per heavy atom. The first-order valence-corrected chi connectivity index (χ1v) is 11.7. The lowest BCUT2D eigenvalue weighted by Crippen LogP contribution is -2.48. The van der Waals surface area contributed by atoms with Gasteiger partial charge in [0.25, 0.3) is 5.91 Å². The van der Waals surface area contributed by atoms with Crippen molar-refractivity contribution in [3.8, 4) is 5.75 Å². The predicted octanol–water partition coefficient (Wildman–Crippen LogP) is 5.50. The number of ether oxygens (including phenoxy) is 1. The third-order valence-corrected chi connectivity index (χ3v) is 6.98. The molecule has 1 saturated carbocycles. The second kappa shape index (κ2) is 9.60. The van der Waals surface area contributed by atoms with Gasteiger partial charge in [0.05, 0.1) is 4.91 Å². The number of benzene rings is 2. The quantitative estimate of drug-likeness (QED) is 0.381. The van der Waals surface area contributed by atoms with Crippen LogP contribution in [0.1, 0.15) is 45.1 Å². The molecule has 1 heterocycles. The highest BCUT2D eigenvalue weighted by Gasteiger charge is 2.42. The second-order valence-electron chi connectivity index (χ2n) is 8.19. The highest BCUT2D eigenvalue weighted by Crippen LogP contribution is 2.42. The van der Waals surface area contributed by atoms with Gasteiger partial charge in [-0.05, 0) is 54.7 Å². The number of hydrogen-bond donors (Lipinski definition) is 1. The molecular weight excluding hydrogens is 408 g/mol. The van der Waals surface area contributed by atoms with Crippen LogP contribution in [0.15, 0.2) is 59.5 Å². The first-order valence-electron chi connectivity index (χ1n) is 10.8. The molecule has 1 saturated heterocycles. The summed E-state index contributed by atoms with van der Waals surface area (Å²) in [6.07, 6.45) is 6.54. The van der Waals surface area contributed by atoms with E-state index in [0.29, 0.717) is 11.7 Å². The third kappa shape index (κ3) is 5.13. The van der Waals surface area contributed by atoms with Crippen LogP contribution in [-0.4, -0.2) is 28.3 Å². The molecule has 31 heavy (non-hydrogen) atoms. The number of nitrogens with one attached hydrogen (secondary N) is 1. The Hall–Kier alpha value is -2.73. The Morgan fingerprint density at radius 1 is 1.10 bits per heavy atom. The van der Waals surface area contributed by atoms with E-state index in [4.69, 9.17) is 4.74 Å². The number of anilines is 1. The van der Waals surface area contributed by atoms with E-state index in [0.717, 1.165) is 35.4 Å². The van der Waals surface area contributed by atoms with Crippen molar-refractivity contribution >= 4 is 35.4 Å². The molecule has 5 nitrogen and oxygen atoms in total. The highest BCUT2D eigenvalue weighted by molar-refractivity contribution is 8.05. The molecule has 2 aromatic rings. The molecule has 1 N–H and O–H groups in total. The molecule has 0 bridgehead atoms. The number of thioether (sulfide) groups is 1. The Balaban J connectivity index is 1.59. The molecular formula is C25H28N2O3S. The zero-order chi connectivity index (χ0) is 21.8. The summed E-state index contributed by atoms with van der Waals surface area (Å²) in [5, 5.41) is 3.56. The van der Waals surface area contributed by atoms with Gasteiger partial charge in [-0.3, -0.25) is 9.59 Å². The molecule has 2 aromatic carbocycles. The Kier molecular flexibility index (Phi) is 6.66. The maximum Gasteiger partial charge on any atom is 0.308 e. The fraction of sp³-hybridized carbons (Fsp3) is 0.360. The lowest BCUT2D eigenvalue weighted by atomic mass is 9.85. The van der Waals surface area contributed by atoms with Gasteiger partial charge in [-0.1, -0.05) is 61.9 Å². The number of amides is 1. The fourth-order valence-electron chi connectivity index (χ4n) is 4.32. The van der Waals surface area contributed by atoms with Crippen molar-refractivity contribution in [2.45, 2.75) is 51.1 Å². The van der Waals surface area contributed by atoms with Crippen LogP contribution in [0.4, 0.5) is 5.69 Å². The van der Waals surface area contributed by atoms with E-state index in [-0.39, 0.29) is 23.4 Å². The summed E-state index contributed by atoms with van der Waals surface area (Å²) in [7, 11) is 0. The summed E-state index contributed by atoms with van der Waals surface area (Å²) in [5.74, 6) is 0.725. The van der Waals surface area contributed by atoms with Crippen molar-refractivity contribution in [3.05, 3.63) is 65.1 Å². The number of nitrogens with zero attached hydrogens (tertiary/aromatic N) is 1. The summed E-state index contributed by atoms with van der Waals surface area (Å²) >= 11 is 1.57. The second-order valence-corrected chi connectivity index (χ2v) is 9.32. The predicted molar refractivity (Wildman–Crippen MR) is 125 cm³/mol. The van der Waals surface area contributed by atoms with Gasteiger partial charge in [-0.15, -0.1) is 0 Å². The molecule has 0 aromatic heterocycles. The maximum absolute atomic E-state index is 13.5. The van der Waals surface area contributed by atoms with Crippen molar-refractivity contribution in [3.63, 3.8) is 0 Å². The van der Waals surface area contributed by atoms with Crippen molar-refractivity contribution in [2.24, 2.45) is 5.92 Å². The van der Waals surface area contributed by atoms with Crippen molar-refractivity contribution in [1.29, 1.82) is 0 Å². The van der Waals surface area contributed by atoms with Crippen LogP contribution in [0.25, 0.3) is 6.08 Å². The van der Waals surface area contributed by atoms with E-state index >= 15 is 0 Å². The van der Waals surface area contributed by atoms with Gasteiger partial charge in [0.2, 0.25) is 0 Å². The number of para-hydroxylation sites is 1. The topological polar surface area (TPSA) is 58.6 Å². The Morgan fingerprint density at radius 2 is 1.81 bits per heavy atom. The Bertz CT molecular complexity index is 958. The van der Waals surface area contributed by atoms with Gasteiger partial charge in [-0.25, -0.2) is 0 Å². The van der Waals surface area contributed by atoms with E-state index in [2.05, 4.69) is 17.1 Å². The third-order valence-electron chi connectivity index (χ3n) is 5.86. The van der Waals surface area contributed by atoms with Crippen LogP contribution in [-0.2, 0) is 9.59 Å². The SMILES string of the molecule is CC(=O)Oc1ccc(/C=C2\SC(Nc3ccccc3)N([C@@H]3CCCC[C@H]3C)C2=O)cc1. The van der Waals surface area contributed by atoms with E-state index in [1.807, 2.05) is 48.5 Å². The molecule has 162 valence electrons. The van der Waals surface area contributed by atoms with Crippen LogP contribution in [0.3, 0.4) is 0 Å². The van der Waals surface area contributed by atoms with Gasteiger partial charge in [0, 0.05) is 18.7 Å². The van der Waals surface area contributed by atoms with Gasteiger partial charge in [0.1, 0.15) is 5.75 Å². The van der Waals surface area contributed by atoms with Gasteiger partial charge in [0.15, 0.2) is 5.50 Å². The molecule has 1 aliphatic heterocycles. The number of rotatable bonds is 5. The molecule has 3 atom stereocenters. The van der Waals surface area contributed by atoms with E-state index in [1.165, 1.54) is 13.3 Å². The zero-order valence-electron chi connectivity index (χ0n) is 17.9. The monoisotopic (exact) mass is 436 g/mol. The van der Waals surface area contributed by atoms with Crippen LogP contribution < -0.4 is 10.1 Å². The first kappa shape index (κ1) is 21.5. The maximum atomic E-state index is 13.5. The molecule has 1 amide bonds. The molecule has 0 radical (unpaired) electrons. The molecule has 6 heteroatoms. The number of carbonyl (C=O) groups excluding carboxylic acids is 2. The number of esters is 1. The minimum Gasteiger partial charge on any atom is -0.427 e. The molecule has 0 spiro atoms. The molecule has 2 fully saturated rings. The smallest absolute Gasteiger partial charge is 0.308 e. The highest BCUT2D eigenvalue weighted by atomic mass is 32.2. The fourth-order valence-corrected chi connectivity index (χ4v) is 5.53. The summed E-state index contributed by atoms with van der Waals surface area (Å²) in [4.78, 5) is 27.4. The summed E-state index contributed by atoms with van der Waals surface area (Å²) in [5.41, 5.74) is 1.78. The molecule has 2 aliphatic rings. The van der Waals surface area contributed by atoms with E-state index in [1.54, 1.807) is 23.9 Å². The minimum absolute atomic E-state index is 0.0845. The van der Waals surface area contributed by atoms with Crippen LogP contribution in [0.5, 0.6) is 5.75 Å². The van der Waals surface area contributed by atoms with Crippen LogP contribution in [0.2, 0.25) is 0 Å². The largest absolute Gasteiger partial charge is 0.427 e. The normalized spacial score (nSPS) is 25.0. The number of carbonyl (C=O) groups is 2. The van der Waals surface area contributed by atoms with E-state index < -0.39 is 0 Å². The lowest BCUT2D eigenvalue weighted by Gasteiger charge is -2.39. The average molecular weight is 437 g/mol. The summed E-state index contributed by atoms with van der Waals surface area (Å²) in [6.45, 7) is 3.64. The van der Waals surface area contributed by atoms with Crippen molar-refractivity contribution in [1.82, 2.24) is 4.90 Å². The van der Waals surface area contributed by atoms with Gasteiger partial charge >= 0.3 is 5.97 Å². The zero-order valence-corrected chi connectivity index (χ0v) is 18.7. The molecule has 1 unspecified atom stereocenters. The van der Waals surface area contributed by atoms with Crippen LogP contribution in [0, 0.1) is 5.92 Å². The Labute approximate surface area is 187 Å². The van der Waals surface area contributed by atoms with Gasteiger partial charge in [-0.2, -0.15) is 0 Å². The minimum atomic E-state index is -0.347. The average Bonchev–Trinajstić information content (AvgIpc) is 3.05. The van der Waals surface area contributed by atoms with E-state index in [9.17, 15) is 9.59 Å².